The van der Waals surface area contributed by atoms with Gasteiger partial charge in [0.15, 0.2) is 0 Å². The van der Waals surface area contributed by atoms with Gasteiger partial charge in [0.1, 0.15) is 0 Å². The molecule has 0 aromatic rings. The molecule has 0 spiro atoms. The summed E-state index contributed by atoms with van der Waals surface area (Å²) in [6.07, 6.45) is 2.61. The van der Waals surface area contributed by atoms with Gasteiger partial charge in [0.2, 0.25) is 11.8 Å². The Kier molecular flexibility index (Phi) is 8.84. The Labute approximate surface area is 120 Å². The van der Waals surface area contributed by atoms with Crippen molar-refractivity contribution < 1.29 is 9.59 Å². The third-order valence-corrected chi connectivity index (χ3v) is 4.04. The maximum Gasteiger partial charge on any atom is 0.237 e. The quantitative estimate of drug-likeness (QED) is 0.521. The molecule has 0 radical (unpaired) electrons. The Morgan fingerprint density at radius 1 is 1.32 bits per heavy atom. The van der Waals surface area contributed by atoms with Gasteiger partial charge in [-0.05, 0) is 46.4 Å². The predicted molar refractivity (Wildman–Crippen MR) is 81.1 cm³/mol. The van der Waals surface area contributed by atoms with Crippen LogP contribution in [0.1, 0.15) is 40.0 Å². The summed E-state index contributed by atoms with van der Waals surface area (Å²) in [6, 6.07) is 0.194. The van der Waals surface area contributed by atoms with Crippen LogP contribution >= 0.6 is 11.8 Å². The van der Waals surface area contributed by atoms with Crippen LogP contribution in [0.25, 0.3) is 0 Å². The molecule has 2 amide bonds. The van der Waals surface area contributed by atoms with Gasteiger partial charge in [-0.15, -0.1) is 0 Å². The fourth-order valence-electron chi connectivity index (χ4n) is 1.58. The summed E-state index contributed by atoms with van der Waals surface area (Å²) in [5, 5.41) is 5.81. The molecule has 0 aliphatic carbocycles. The lowest BCUT2D eigenvalue weighted by Gasteiger charge is -2.25. The molecule has 0 aliphatic heterocycles. The van der Waals surface area contributed by atoms with Crippen LogP contribution in [0.4, 0.5) is 0 Å². The van der Waals surface area contributed by atoms with E-state index in [0.717, 1.165) is 25.0 Å². The number of hydrogen-bond donors (Lipinski definition) is 3. The first-order chi connectivity index (χ1) is 8.81. The lowest BCUT2D eigenvalue weighted by molar-refractivity contribution is -0.124. The van der Waals surface area contributed by atoms with Gasteiger partial charge in [0.05, 0.1) is 11.3 Å². The Morgan fingerprint density at radius 3 is 2.42 bits per heavy atom. The average molecular weight is 289 g/mol. The van der Waals surface area contributed by atoms with Gasteiger partial charge in [0, 0.05) is 6.04 Å². The largest absolute Gasteiger partial charge is 0.368 e. The number of primary amides is 1. The zero-order valence-corrected chi connectivity index (χ0v) is 13.2. The van der Waals surface area contributed by atoms with E-state index in [1.54, 1.807) is 18.8 Å². The van der Waals surface area contributed by atoms with Crippen molar-refractivity contribution in [1.29, 1.82) is 0 Å². The molecule has 0 saturated heterocycles. The molecule has 0 saturated carbocycles. The highest BCUT2D eigenvalue weighted by molar-refractivity contribution is 7.99. The fraction of sp³-hybridized carbons (Fsp3) is 0.846. The van der Waals surface area contributed by atoms with Gasteiger partial charge in [-0.2, -0.15) is 11.8 Å². The molecular formula is C13H27N3O2S. The van der Waals surface area contributed by atoms with Crippen molar-refractivity contribution in [2.75, 3.05) is 18.6 Å². The summed E-state index contributed by atoms with van der Waals surface area (Å²) in [5.74, 6) is 1.18. The summed E-state index contributed by atoms with van der Waals surface area (Å²) < 4.78 is 0. The summed E-state index contributed by atoms with van der Waals surface area (Å²) in [4.78, 5) is 22.6. The topological polar surface area (TPSA) is 84.2 Å². The third-order valence-electron chi connectivity index (χ3n) is 2.99. The molecule has 5 nitrogen and oxygen atoms in total. The van der Waals surface area contributed by atoms with Crippen molar-refractivity contribution in [3.63, 3.8) is 0 Å². The first-order valence-electron chi connectivity index (χ1n) is 6.67. The number of amides is 2. The van der Waals surface area contributed by atoms with E-state index in [4.69, 9.17) is 5.73 Å². The van der Waals surface area contributed by atoms with Crippen molar-refractivity contribution in [1.82, 2.24) is 10.6 Å². The Hall–Kier alpha value is -0.750. The fourth-order valence-corrected chi connectivity index (χ4v) is 2.40. The maximum atomic E-state index is 11.4. The first-order valence-corrected chi connectivity index (χ1v) is 7.83. The second-order valence-corrected chi connectivity index (χ2v) is 6.28. The smallest absolute Gasteiger partial charge is 0.237 e. The van der Waals surface area contributed by atoms with Gasteiger partial charge < -0.3 is 16.4 Å². The highest BCUT2D eigenvalue weighted by Gasteiger charge is 2.27. The van der Waals surface area contributed by atoms with Crippen molar-refractivity contribution in [2.45, 2.75) is 51.6 Å². The molecule has 0 rings (SSSR count). The SMILES string of the molecule is CNC(C)(CCCCSCC(=O)NC(C)C)C(N)=O. The number of carbonyl (C=O) groups is 2. The number of unbranched alkanes of at least 4 members (excludes halogenated alkanes) is 1. The van der Waals surface area contributed by atoms with Crippen molar-refractivity contribution in [2.24, 2.45) is 5.73 Å². The number of nitrogens with one attached hydrogen (secondary N) is 2. The van der Waals surface area contributed by atoms with Gasteiger partial charge in [-0.3, -0.25) is 9.59 Å². The van der Waals surface area contributed by atoms with Crippen LogP contribution < -0.4 is 16.4 Å². The summed E-state index contributed by atoms with van der Waals surface area (Å²) >= 11 is 1.62. The van der Waals surface area contributed by atoms with E-state index in [1.165, 1.54) is 0 Å². The van der Waals surface area contributed by atoms with E-state index in [9.17, 15) is 9.59 Å². The van der Waals surface area contributed by atoms with Gasteiger partial charge >= 0.3 is 0 Å². The number of carbonyl (C=O) groups excluding carboxylic acids is 2. The zero-order chi connectivity index (χ0) is 14.9. The van der Waals surface area contributed by atoms with Gasteiger partial charge in [-0.25, -0.2) is 0 Å². The number of thioether (sulfide) groups is 1. The third kappa shape index (κ3) is 8.10. The van der Waals surface area contributed by atoms with E-state index >= 15 is 0 Å². The van der Waals surface area contributed by atoms with E-state index in [2.05, 4.69) is 10.6 Å². The van der Waals surface area contributed by atoms with E-state index in [1.807, 2.05) is 20.8 Å². The highest BCUT2D eigenvalue weighted by Crippen LogP contribution is 2.14. The van der Waals surface area contributed by atoms with Gasteiger partial charge in [-0.1, -0.05) is 6.42 Å². The van der Waals surface area contributed by atoms with Crippen LogP contribution in [0.15, 0.2) is 0 Å². The number of likely N-dealkylation sites (N-methyl/N-ethyl adjacent to an activating group) is 1. The van der Waals surface area contributed by atoms with Crippen molar-refractivity contribution >= 4 is 23.6 Å². The molecule has 0 heterocycles. The molecular weight excluding hydrogens is 262 g/mol. The van der Waals surface area contributed by atoms with Crippen LogP contribution in [0.3, 0.4) is 0 Å². The van der Waals surface area contributed by atoms with Gasteiger partial charge in [0.25, 0.3) is 0 Å². The highest BCUT2D eigenvalue weighted by atomic mass is 32.2. The normalized spacial score (nSPS) is 14.2. The average Bonchev–Trinajstić information content (AvgIpc) is 2.32. The van der Waals surface area contributed by atoms with Crippen molar-refractivity contribution in [3.05, 3.63) is 0 Å². The summed E-state index contributed by atoms with van der Waals surface area (Å²) in [5.41, 5.74) is 4.72. The molecule has 0 fully saturated rings. The summed E-state index contributed by atoms with van der Waals surface area (Å²) in [7, 11) is 1.75. The first kappa shape index (κ1) is 18.2. The van der Waals surface area contributed by atoms with Crippen LogP contribution in [0.5, 0.6) is 0 Å². The lowest BCUT2D eigenvalue weighted by atomic mass is 9.94. The number of hydrogen-bond acceptors (Lipinski definition) is 4. The van der Waals surface area contributed by atoms with Crippen molar-refractivity contribution in [3.8, 4) is 0 Å². The molecule has 0 aromatic heterocycles. The zero-order valence-electron chi connectivity index (χ0n) is 12.4. The second-order valence-electron chi connectivity index (χ2n) is 5.18. The molecule has 4 N–H and O–H groups in total. The minimum atomic E-state index is -0.625. The van der Waals surface area contributed by atoms with Crippen LogP contribution in [0, 0.1) is 0 Å². The van der Waals surface area contributed by atoms with E-state index in [0.29, 0.717) is 5.75 Å². The minimum Gasteiger partial charge on any atom is -0.368 e. The number of rotatable bonds is 10. The summed E-state index contributed by atoms with van der Waals surface area (Å²) in [6.45, 7) is 5.72. The molecule has 0 aliphatic rings. The molecule has 6 heteroatoms. The second kappa shape index (κ2) is 9.20. The minimum absolute atomic E-state index is 0.0807. The van der Waals surface area contributed by atoms with Crippen LogP contribution in [-0.2, 0) is 9.59 Å². The Morgan fingerprint density at radius 2 is 1.95 bits per heavy atom. The lowest BCUT2D eigenvalue weighted by Crippen LogP contribution is -2.51. The molecule has 0 aromatic carbocycles. The molecule has 0 bridgehead atoms. The molecule has 1 atom stereocenters. The number of nitrogens with two attached hydrogens (primary N) is 1. The monoisotopic (exact) mass is 289 g/mol. The molecule has 112 valence electrons. The molecule has 1 unspecified atom stereocenters. The standard InChI is InChI=1S/C13H27N3O2S/c1-10(2)16-11(17)9-19-8-6-5-7-13(3,15-4)12(14)18/h10,15H,5-9H2,1-4H3,(H2,14,18)(H,16,17). The Bertz CT molecular complexity index is 298. The maximum absolute atomic E-state index is 11.4. The van der Waals surface area contributed by atoms with E-state index in [-0.39, 0.29) is 17.9 Å². The van der Waals surface area contributed by atoms with Crippen LogP contribution in [0.2, 0.25) is 0 Å². The predicted octanol–water partition coefficient (Wildman–Crippen LogP) is 0.878. The van der Waals surface area contributed by atoms with Crippen LogP contribution in [-0.4, -0.2) is 41.9 Å². The van der Waals surface area contributed by atoms with E-state index < -0.39 is 5.54 Å². The Balaban J connectivity index is 3.66. The molecule has 19 heavy (non-hydrogen) atoms.